The monoisotopic (exact) mass is 329 g/mol. The third-order valence-corrected chi connectivity index (χ3v) is 3.24. The van der Waals surface area contributed by atoms with Crippen LogP contribution in [0.15, 0.2) is 23.2 Å². The summed E-state index contributed by atoms with van der Waals surface area (Å²) in [5.74, 6) is 0.899. The van der Waals surface area contributed by atoms with Crippen LogP contribution < -0.4 is 20.5 Å². The van der Waals surface area contributed by atoms with Crippen LogP contribution in [0.2, 0.25) is 0 Å². The van der Waals surface area contributed by atoms with Crippen LogP contribution >= 0.6 is 0 Å². The van der Waals surface area contributed by atoms with E-state index in [9.17, 15) is 8.78 Å². The van der Waals surface area contributed by atoms with Crippen molar-refractivity contribution in [2.45, 2.75) is 45.8 Å². The predicted molar refractivity (Wildman–Crippen MR) is 87.1 cm³/mol. The lowest BCUT2D eigenvalue weighted by Crippen LogP contribution is -2.32. The lowest BCUT2D eigenvalue weighted by Gasteiger charge is -2.11. The number of methoxy groups -OCH3 is 1. The van der Waals surface area contributed by atoms with E-state index in [0.29, 0.717) is 11.3 Å². The minimum Gasteiger partial charge on any atom is -0.497 e. The van der Waals surface area contributed by atoms with Crippen LogP contribution in [-0.4, -0.2) is 26.2 Å². The fourth-order valence-corrected chi connectivity index (χ4v) is 2.01. The molecule has 0 unspecified atom stereocenters. The van der Waals surface area contributed by atoms with Gasteiger partial charge in [-0.05, 0) is 24.6 Å². The van der Waals surface area contributed by atoms with Crippen molar-refractivity contribution in [1.29, 1.82) is 0 Å². The first-order chi connectivity index (χ1) is 11.1. The number of alkyl halides is 2. The zero-order chi connectivity index (χ0) is 17.1. The number of halogens is 2. The first-order valence-corrected chi connectivity index (χ1v) is 7.72. The van der Waals surface area contributed by atoms with Gasteiger partial charge in [0.15, 0.2) is 5.96 Å². The molecule has 0 bridgehead atoms. The first-order valence-electron chi connectivity index (χ1n) is 7.72. The normalized spacial score (nSPS) is 11.6. The van der Waals surface area contributed by atoms with E-state index in [0.717, 1.165) is 19.4 Å². The van der Waals surface area contributed by atoms with Gasteiger partial charge in [-0.2, -0.15) is 8.78 Å². The Morgan fingerprint density at radius 2 is 2.09 bits per heavy atom. The average molecular weight is 329 g/mol. The van der Waals surface area contributed by atoms with Gasteiger partial charge in [-0.3, -0.25) is 0 Å². The van der Waals surface area contributed by atoms with Crippen molar-refractivity contribution in [3.05, 3.63) is 23.8 Å². The van der Waals surface area contributed by atoms with Crippen molar-refractivity contribution in [2.75, 3.05) is 13.7 Å². The Balaban J connectivity index is 2.61. The van der Waals surface area contributed by atoms with E-state index in [1.54, 1.807) is 12.1 Å². The van der Waals surface area contributed by atoms with Crippen LogP contribution in [-0.2, 0) is 6.54 Å². The Hall–Kier alpha value is -2.05. The van der Waals surface area contributed by atoms with Crippen molar-refractivity contribution in [3.63, 3.8) is 0 Å². The number of nitrogens with one attached hydrogen (secondary N) is 1. The molecule has 0 atom stereocenters. The summed E-state index contributed by atoms with van der Waals surface area (Å²) in [6.45, 7) is 0.136. The van der Waals surface area contributed by atoms with Gasteiger partial charge in [0.25, 0.3) is 0 Å². The highest BCUT2D eigenvalue weighted by Gasteiger charge is 2.10. The molecule has 0 aromatic heterocycles. The number of unbranched alkanes of at least 4 members (excludes halogenated alkanes) is 3. The van der Waals surface area contributed by atoms with Gasteiger partial charge in [0.05, 0.1) is 13.7 Å². The van der Waals surface area contributed by atoms with Gasteiger partial charge in [0, 0.05) is 12.1 Å². The Morgan fingerprint density at radius 3 is 2.74 bits per heavy atom. The second kappa shape index (κ2) is 10.6. The number of nitrogens with two attached hydrogens (primary N) is 1. The summed E-state index contributed by atoms with van der Waals surface area (Å²) >= 11 is 0. The SMILES string of the molecule is CCCCCCNC(N)=NCc1cc(OC)ccc1OC(F)F. The topological polar surface area (TPSA) is 68.9 Å². The zero-order valence-corrected chi connectivity index (χ0v) is 13.6. The van der Waals surface area contributed by atoms with E-state index in [2.05, 4.69) is 22.0 Å². The van der Waals surface area contributed by atoms with Gasteiger partial charge in [-0.1, -0.05) is 26.2 Å². The predicted octanol–water partition coefficient (Wildman–Crippen LogP) is 3.28. The van der Waals surface area contributed by atoms with E-state index in [1.807, 2.05) is 0 Å². The molecule has 0 aliphatic heterocycles. The van der Waals surface area contributed by atoms with Crippen molar-refractivity contribution in [1.82, 2.24) is 5.32 Å². The Bertz CT molecular complexity index is 496. The number of guanidine groups is 1. The molecule has 0 aliphatic rings. The molecule has 0 aliphatic carbocycles. The molecule has 0 heterocycles. The van der Waals surface area contributed by atoms with Crippen molar-refractivity contribution >= 4 is 5.96 Å². The Kier molecular flexibility index (Phi) is 8.79. The molecule has 130 valence electrons. The van der Waals surface area contributed by atoms with E-state index >= 15 is 0 Å². The molecule has 7 heteroatoms. The largest absolute Gasteiger partial charge is 0.497 e. The summed E-state index contributed by atoms with van der Waals surface area (Å²) in [5, 5.41) is 3.01. The van der Waals surface area contributed by atoms with Gasteiger partial charge < -0.3 is 20.5 Å². The molecule has 1 aromatic rings. The Morgan fingerprint density at radius 1 is 1.30 bits per heavy atom. The van der Waals surface area contributed by atoms with E-state index in [4.69, 9.17) is 10.5 Å². The molecule has 1 aromatic carbocycles. The first kappa shape index (κ1) is 19.0. The number of nitrogens with zero attached hydrogens (tertiary/aromatic N) is 1. The summed E-state index contributed by atoms with van der Waals surface area (Å²) in [6.07, 6.45) is 4.52. The maximum Gasteiger partial charge on any atom is 0.387 e. The van der Waals surface area contributed by atoms with E-state index in [-0.39, 0.29) is 18.3 Å². The lowest BCUT2D eigenvalue weighted by atomic mass is 10.2. The second-order valence-electron chi connectivity index (χ2n) is 5.04. The van der Waals surface area contributed by atoms with Crippen molar-refractivity contribution < 1.29 is 18.3 Å². The number of benzene rings is 1. The smallest absolute Gasteiger partial charge is 0.387 e. The number of rotatable bonds is 10. The minimum atomic E-state index is -2.89. The lowest BCUT2D eigenvalue weighted by molar-refractivity contribution is -0.0504. The summed E-state index contributed by atoms with van der Waals surface area (Å²) in [5.41, 5.74) is 6.26. The highest BCUT2D eigenvalue weighted by Crippen LogP contribution is 2.26. The number of ether oxygens (including phenoxy) is 2. The van der Waals surface area contributed by atoms with E-state index < -0.39 is 6.61 Å². The number of hydrogen-bond donors (Lipinski definition) is 2. The molecule has 3 N–H and O–H groups in total. The molecular weight excluding hydrogens is 304 g/mol. The maximum atomic E-state index is 12.4. The second-order valence-corrected chi connectivity index (χ2v) is 5.04. The molecule has 0 spiro atoms. The zero-order valence-electron chi connectivity index (χ0n) is 13.6. The highest BCUT2D eigenvalue weighted by atomic mass is 19.3. The molecule has 23 heavy (non-hydrogen) atoms. The molecule has 5 nitrogen and oxygen atoms in total. The molecule has 0 amide bonds. The van der Waals surface area contributed by atoms with Crippen LogP contribution in [0.5, 0.6) is 11.5 Å². The van der Waals surface area contributed by atoms with Crippen LogP contribution in [0, 0.1) is 0 Å². The Labute approximate surface area is 135 Å². The number of hydrogen-bond acceptors (Lipinski definition) is 3. The molecule has 0 saturated heterocycles. The van der Waals surface area contributed by atoms with Crippen LogP contribution in [0.1, 0.15) is 38.2 Å². The van der Waals surface area contributed by atoms with Gasteiger partial charge in [0.2, 0.25) is 0 Å². The minimum absolute atomic E-state index is 0.0697. The third-order valence-electron chi connectivity index (χ3n) is 3.24. The standard InChI is InChI=1S/C16H25F2N3O2/c1-3-4-5-6-9-20-16(19)21-11-12-10-13(22-2)7-8-14(12)23-15(17)18/h7-8,10,15H,3-6,9,11H2,1-2H3,(H3,19,20,21). The summed E-state index contributed by atoms with van der Waals surface area (Å²) < 4.78 is 34.4. The van der Waals surface area contributed by atoms with Crippen molar-refractivity contribution in [2.24, 2.45) is 10.7 Å². The molecular formula is C16H25F2N3O2. The van der Waals surface area contributed by atoms with Gasteiger partial charge in [0.1, 0.15) is 11.5 Å². The molecule has 0 radical (unpaired) electrons. The fourth-order valence-electron chi connectivity index (χ4n) is 2.01. The fraction of sp³-hybridized carbons (Fsp3) is 0.562. The van der Waals surface area contributed by atoms with Crippen LogP contribution in [0.4, 0.5) is 8.78 Å². The molecule has 1 rings (SSSR count). The van der Waals surface area contributed by atoms with Crippen molar-refractivity contribution in [3.8, 4) is 11.5 Å². The summed E-state index contributed by atoms with van der Waals surface area (Å²) in [4.78, 5) is 4.16. The molecule has 0 fully saturated rings. The van der Waals surface area contributed by atoms with Crippen LogP contribution in [0.25, 0.3) is 0 Å². The average Bonchev–Trinajstić information content (AvgIpc) is 2.53. The maximum absolute atomic E-state index is 12.4. The van der Waals surface area contributed by atoms with Gasteiger partial charge in [-0.15, -0.1) is 0 Å². The number of aliphatic imine (C=N–C) groups is 1. The summed E-state index contributed by atoms with van der Waals surface area (Å²) in [6, 6.07) is 4.60. The quantitative estimate of drug-likeness (QED) is 0.393. The molecule has 0 saturated carbocycles. The highest BCUT2D eigenvalue weighted by molar-refractivity contribution is 5.77. The van der Waals surface area contributed by atoms with E-state index in [1.165, 1.54) is 26.0 Å². The summed E-state index contributed by atoms with van der Waals surface area (Å²) in [7, 11) is 1.50. The third kappa shape index (κ3) is 7.67. The van der Waals surface area contributed by atoms with Crippen LogP contribution in [0.3, 0.4) is 0 Å². The van der Waals surface area contributed by atoms with Gasteiger partial charge >= 0.3 is 6.61 Å². The van der Waals surface area contributed by atoms with Gasteiger partial charge in [-0.25, -0.2) is 4.99 Å².